The first kappa shape index (κ1) is 16.5. The van der Waals surface area contributed by atoms with E-state index in [1.807, 2.05) is 48.5 Å². The normalized spacial score (nSPS) is 10.4. The van der Waals surface area contributed by atoms with E-state index in [0.717, 1.165) is 10.9 Å². The number of hydrogen-bond acceptors (Lipinski definition) is 3. The molecule has 0 aliphatic rings. The zero-order valence-electron chi connectivity index (χ0n) is 13.4. The van der Waals surface area contributed by atoms with Gasteiger partial charge in [0.2, 0.25) is 0 Å². The van der Waals surface area contributed by atoms with Crippen molar-refractivity contribution in [3.8, 4) is 0 Å². The molecule has 0 aliphatic carbocycles. The van der Waals surface area contributed by atoms with Gasteiger partial charge in [-0.2, -0.15) is 0 Å². The summed E-state index contributed by atoms with van der Waals surface area (Å²) in [4.78, 5) is 23.3. The van der Waals surface area contributed by atoms with Crippen molar-refractivity contribution in [3.63, 3.8) is 0 Å². The molecule has 0 atom stereocenters. The third kappa shape index (κ3) is 4.14. The molecule has 0 heterocycles. The molecule has 0 radical (unpaired) electrons. The number of carboxylic acids is 1. The van der Waals surface area contributed by atoms with E-state index in [2.05, 4.69) is 5.32 Å². The minimum atomic E-state index is -0.996. The van der Waals surface area contributed by atoms with E-state index in [4.69, 9.17) is 4.74 Å². The molecular weight excluding hydrogens is 318 g/mol. The minimum Gasteiger partial charge on any atom is -0.478 e. The van der Waals surface area contributed by atoms with Crippen LogP contribution in [0.5, 0.6) is 0 Å². The van der Waals surface area contributed by atoms with Crippen LogP contribution in [0.1, 0.15) is 21.5 Å². The SMILES string of the molecule is O=C(NCc1cc(C(=O)O)c2ccccc2c1)OCc1ccccc1. The van der Waals surface area contributed by atoms with Gasteiger partial charge in [-0.3, -0.25) is 0 Å². The second kappa shape index (κ2) is 7.49. The highest BCUT2D eigenvalue weighted by Crippen LogP contribution is 2.21. The summed E-state index contributed by atoms with van der Waals surface area (Å²) in [6, 6.07) is 20.1. The summed E-state index contributed by atoms with van der Waals surface area (Å²) in [5.74, 6) is -0.996. The van der Waals surface area contributed by atoms with Crippen LogP contribution in [0.2, 0.25) is 0 Å². The van der Waals surface area contributed by atoms with Gasteiger partial charge < -0.3 is 15.2 Å². The van der Waals surface area contributed by atoms with Gasteiger partial charge in [-0.05, 0) is 34.0 Å². The molecule has 5 heteroatoms. The molecule has 3 rings (SSSR count). The van der Waals surface area contributed by atoms with Crippen LogP contribution < -0.4 is 5.32 Å². The van der Waals surface area contributed by atoms with E-state index in [1.54, 1.807) is 18.2 Å². The van der Waals surface area contributed by atoms with E-state index in [9.17, 15) is 14.7 Å². The van der Waals surface area contributed by atoms with Crippen LogP contribution in [0.25, 0.3) is 10.8 Å². The average molecular weight is 335 g/mol. The molecule has 5 nitrogen and oxygen atoms in total. The molecule has 126 valence electrons. The second-order valence-electron chi connectivity index (χ2n) is 5.58. The van der Waals surface area contributed by atoms with Crippen LogP contribution in [0.4, 0.5) is 4.79 Å². The van der Waals surface area contributed by atoms with Gasteiger partial charge >= 0.3 is 12.1 Å². The van der Waals surface area contributed by atoms with Gasteiger partial charge in [-0.25, -0.2) is 9.59 Å². The summed E-state index contributed by atoms with van der Waals surface area (Å²) in [5, 5.41) is 13.5. The first-order chi connectivity index (χ1) is 12.1. The lowest BCUT2D eigenvalue weighted by Gasteiger charge is -2.10. The first-order valence-electron chi connectivity index (χ1n) is 7.83. The molecule has 0 aliphatic heterocycles. The minimum absolute atomic E-state index is 0.185. The van der Waals surface area contributed by atoms with Crippen molar-refractivity contribution in [1.29, 1.82) is 0 Å². The molecule has 0 saturated carbocycles. The lowest BCUT2D eigenvalue weighted by Crippen LogP contribution is -2.23. The molecule has 0 bridgehead atoms. The predicted octanol–water partition coefficient (Wildman–Crippen LogP) is 3.96. The third-order valence-corrected chi connectivity index (χ3v) is 3.80. The Labute approximate surface area is 144 Å². The number of alkyl carbamates (subject to hydrolysis) is 1. The van der Waals surface area contributed by atoms with E-state index in [0.29, 0.717) is 10.9 Å². The van der Waals surface area contributed by atoms with Gasteiger partial charge in [-0.1, -0.05) is 54.6 Å². The monoisotopic (exact) mass is 335 g/mol. The molecule has 25 heavy (non-hydrogen) atoms. The smallest absolute Gasteiger partial charge is 0.407 e. The molecule has 0 spiro atoms. The Balaban J connectivity index is 1.66. The number of hydrogen-bond donors (Lipinski definition) is 2. The van der Waals surface area contributed by atoms with E-state index < -0.39 is 12.1 Å². The molecule has 2 N–H and O–H groups in total. The van der Waals surface area contributed by atoms with Gasteiger partial charge in [-0.15, -0.1) is 0 Å². The van der Waals surface area contributed by atoms with Crippen LogP contribution in [0.15, 0.2) is 66.7 Å². The van der Waals surface area contributed by atoms with Gasteiger partial charge in [0.05, 0.1) is 5.56 Å². The number of carboxylic acid groups (broad SMARTS) is 1. The first-order valence-corrected chi connectivity index (χ1v) is 7.83. The van der Waals surface area contributed by atoms with Gasteiger partial charge in [0, 0.05) is 6.54 Å². The number of carbonyl (C=O) groups is 2. The standard InChI is InChI=1S/C20H17NO4/c22-19(23)18-11-15(10-16-8-4-5-9-17(16)18)12-21-20(24)25-13-14-6-2-1-3-7-14/h1-11H,12-13H2,(H,21,24)(H,22,23). The number of fused-ring (bicyclic) bond motifs is 1. The summed E-state index contributed by atoms with van der Waals surface area (Å²) in [7, 11) is 0. The van der Waals surface area contributed by atoms with Crippen LogP contribution in [-0.4, -0.2) is 17.2 Å². The van der Waals surface area contributed by atoms with Crippen LogP contribution in [0.3, 0.4) is 0 Å². The Kier molecular flexibility index (Phi) is 4.95. The Morgan fingerprint density at radius 2 is 1.64 bits per heavy atom. The quantitative estimate of drug-likeness (QED) is 0.740. The number of amides is 1. The van der Waals surface area contributed by atoms with Gasteiger partial charge in [0.1, 0.15) is 6.61 Å². The van der Waals surface area contributed by atoms with Crippen molar-refractivity contribution in [2.45, 2.75) is 13.2 Å². The highest BCUT2D eigenvalue weighted by molar-refractivity contribution is 6.04. The lowest BCUT2D eigenvalue weighted by atomic mass is 10.0. The zero-order valence-corrected chi connectivity index (χ0v) is 13.4. The Bertz CT molecular complexity index is 906. The van der Waals surface area contributed by atoms with E-state index in [1.165, 1.54) is 0 Å². The zero-order chi connectivity index (χ0) is 17.6. The Hall–Kier alpha value is -3.34. The van der Waals surface area contributed by atoms with Crippen LogP contribution in [0, 0.1) is 0 Å². The lowest BCUT2D eigenvalue weighted by molar-refractivity contribution is 0.0699. The third-order valence-electron chi connectivity index (χ3n) is 3.80. The summed E-state index contributed by atoms with van der Waals surface area (Å²) in [6.45, 7) is 0.378. The molecule has 3 aromatic carbocycles. The van der Waals surface area contributed by atoms with E-state index >= 15 is 0 Å². The summed E-state index contributed by atoms with van der Waals surface area (Å²) >= 11 is 0. The molecule has 3 aromatic rings. The summed E-state index contributed by atoms with van der Waals surface area (Å²) in [5.41, 5.74) is 1.82. The molecular formula is C20H17NO4. The number of rotatable bonds is 5. The van der Waals surface area contributed by atoms with Crippen LogP contribution >= 0.6 is 0 Å². The van der Waals surface area contributed by atoms with Crippen LogP contribution in [-0.2, 0) is 17.9 Å². The van der Waals surface area contributed by atoms with E-state index in [-0.39, 0.29) is 18.7 Å². The highest BCUT2D eigenvalue weighted by Gasteiger charge is 2.11. The fourth-order valence-electron chi connectivity index (χ4n) is 2.60. The van der Waals surface area contributed by atoms with Crippen molar-refractivity contribution in [2.24, 2.45) is 0 Å². The second-order valence-corrected chi connectivity index (χ2v) is 5.58. The Morgan fingerprint density at radius 3 is 2.40 bits per heavy atom. The summed E-state index contributed by atoms with van der Waals surface area (Å²) < 4.78 is 5.15. The number of carbonyl (C=O) groups excluding carboxylic acids is 1. The number of benzene rings is 3. The topological polar surface area (TPSA) is 75.6 Å². The van der Waals surface area contributed by atoms with Crippen molar-refractivity contribution in [2.75, 3.05) is 0 Å². The summed E-state index contributed by atoms with van der Waals surface area (Å²) in [6.07, 6.45) is -0.547. The molecule has 0 aromatic heterocycles. The maximum atomic E-state index is 11.8. The maximum Gasteiger partial charge on any atom is 0.407 e. The van der Waals surface area contributed by atoms with Gasteiger partial charge in [0.15, 0.2) is 0 Å². The maximum absolute atomic E-state index is 11.8. The molecule has 0 unspecified atom stereocenters. The van der Waals surface area contributed by atoms with Crippen molar-refractivity contribution in [1.82, 2.24) is 5.32 Å². The number of nitrogens with one attached hydrogen (secondary N) is 1. The predicted molar refractivity (Wildman–Crippen MR) is 94.4 cm³/mol. The number of ether oxygens (including phenoxy) is 1. The Morgan fingerprint density at radius 1 is 0.920 bits per heavy atom. The largest absolute Gasteiger partial charge is 0.478 e. The number of aromatic carboxylic acids is 1. The fraction of sp³-hybridized carbons (Fsp3) is 0.100. The molecule has 1 amide bonds. The molecule has 0 fully saturated rings. The average Bonchev–Trinajstić information content (AvgIpc) is 2.64. The molecule has 0 saturated heterocycles. The fourth-order valence-corrected chi connectivity index (χ4v) is 2.60. The van der Waals surface area contributed by atoms with Gasteiger partial charge in [0.25, 0.3) is 0 Å². The van der Waals surface area contributed by atoms with Crippen molar-refractivity contribution < 1.29 is 19.4 Å². The van der Waals surface area contributed by atoms with Crippen molar-refractivity contribution in [3.05, 3.63) is 83.4 Å². The highest BCUT2D eigenvalue weighted by atomic mass is 16.5. The van der Waals surface area contributed by atoms with Crippen molar-refractivity contribution >= 4 is 22.8 Å².